The van der Waals surface area contributed by atoms with Gasteiger partial charge in [-0.3, -0.25) is 24.0 Å². The van der Waals surface area contributed by atoms with Crippen molar-refractivity contribution in [3.05, 3.63) is 56.5 Å². The molecule has 0 saturated carbocycles. The zero-order valence-corrected chi connectivity index (χ0v) is 19.0. The standard InChI is InChI=1S/C21H27N7O5/c1-5-9-27-18(22)17(19(29)23-21(27)31)26(10-11-32-3)20(30)16-13(2)28(25-24-16)14-7-6-8-15(12-14)33-4/h6-8,12H,5,9-11,22H2,1-4H3,(H,23,29,31). The van der Waals surface area contributed by atoms with Gasteiger partial charge in [0.05, 0.1) is 25.1 Å². The number of hydrogen-bond acceptors (Lipinski definition) is 8. The molecule has 0 saturated heterocycles. The minimum atomic E-state index is -0.771. The SMILES string of the molecule is CCCn1c(N)c(N(CCOC)C(=O)c2nnn(-c3cccc(OC)c3)c2C)c(=O)[nH]c1=O. The number of amides is 1. The maximum atomic E-state index is 13.5. The van der Waals surface area contributed by atoms with Crippen LogP contribution in [0, 0.1) is 6.92 Å². The Kier molecular flexibility index (Phi) is 7.28. The molecule has 12 nitrogen and oxygen atoms in total. The highest BCUT2D eigenvalue weighted by Crippen LogP contribution is 2.22. The largest absolute Gasteiger partial charge is 0.497 e. The molecule has 2 heterocycles. The molecule has 33 heavy (non-hydrogen) atoms. The van der Waals surface area contributed by atoms with Crippen LogP contribution >= 0.6 is 0 Å². The molecule has 3 N–H and O–H groups in total. The van der Waals surface area contributed by atoms with Gasteiger partial charge in [0, 0.05) is 26.3 Å². The second-order valence-corrected chi connectivity index (χ2v) is 7.23. The third kappa shape index (κ3) is 4.65. The maximum absolute atomic E-state index is 13.5. The van der Waals surface area contributed by atoms with E-state index < -0.39 is 17.2 Å². The summed E-state index contributed by atoms with van der Waals surface area (Å²) in [6.07, 6.45) is 0.607. The molecule has 0 aliphatic heterocycles. The number of nitrogens with one attached hydrogen (secondary N) is 1. The predicted molar refractivity (Wildman–Crippen MR) is 122 cm³/mol. The predicted octanol–water partition coefficient (Wildman–Crippen LogP) is 0.720. The van der Waals surface area contributed by atoms with Gasteiger partial charge in [-0.05, 0) is 25.5 Å². The number of nitrogen functional groups attached to an aromatic ring is 1. The van der Waals surface area contributed by atoms with Crippen molar-refractivity contribution in [3.8, 4) is 11.4 Å². The quantitative estimate of drug-likeness (QED) is 0.477. The molecule has 0 aliphatic rings. The smallest absolute Gasteiger partial charge is 0.330 e. The third-order valence-corrected chi connectivity index (χ3v) is 5.09. The highest BCUT2D eigenvalue weighted by Gasteiger charge is 2.29. The first-order valence-corrected chi connectivity index (χ1v) is 10.3. The van der Waals surface area contributed by atoms with Crippen LogP contribution in [0.1, 0.15) is 29.5 Å². The molecular weight excluding hydrogens is 430 g/mol. The Hall–Kier alpha value is -3.93. The number of benzene rings is 1. The highest BCUT2D eigenvalue weighted by molar-refractivity contribution is 6.06. The fourth-order valence-electron chi connectivity index (χ4n) is 3.42. The van der Waals surface area contributed by atoms with Crippen molar-refractivity contribution >= 4 is 17.4 Å². The second-order valence-electron chi connectivity index (χ2n) is 7.23. The van der Waals surface area contributed by atoms with E-state index in [0.717, 1.165) is 4.90 Å². The molecule has 1 aromatic carbocycles. The monoisotopic (exact) mass is 457 g/mol. The lowest BCUT2D eigenvalue weighted by Gasteiger charge is -2.23. The summed E-state index contributed by atoms with van der Waals surface area (Å²) in [5.41, 5.74) is 5.76. The molecule has 0 spiro atoms. The van der Waals surface area contributed by atoms with Gasteiger partial charge in [0.1, 0.15) is 11.6 Å². The first-order valence-electron chi connectivity index (χ1n) is 10.3. The van der Waals surface area contributed by atoms with E-state index in [2.05, 4.69) is 15.3 Å². The van der Waals surface area contributed by atoms with E-state index >= 15 is 0 Å². The molecule has 0 unspecified atom stereocenters. The molecule has 0 radical (unpaired) electrons. The summed E-state index contributed by atoms with van der Waals surface area (Å²) >= 11 is 0. The lowest BCUT2D eigenvalue weighted by Crippen LogP contribution is -2.42. The lowest BCUT2D eigenvalue weighted by molar-refractivity contribution is 0.0970. The average Bonchev–Trinajstić information content (AvgIpc) is 3.19. The number of aromatic amines is 1. The Morgan fingerprint density at radius 2 is 2.03 bits per heavy atom. The fourth-order valence-corrected chi connectivity index (χ4v) is 3.42. The van der Waals surface area contributed by atoms with Crippen LogP contribution in [0.3, 0.4) is 0 Å². The van der Waals surface area contributed by atoms with Crippen LogP contribution in [0.25, 0.3) is 5.69 Å². The number of methoxy groups -OCH3 is 2. The summed E-state index contributed by atoms with van der Waals surface area (Å²) in [6, 6.07) is 7.12. The minimum absolute atomic E-state index is 0.0123. The molecule has 3 aromatic rings. The number of aromatic nitrogens is 5. The van der Waals surface area contributed by atoms with Gasteiger partial charge in [-0.2, -0.15) is 0 Å². The average molecular weight is 457 g/mol. The van der Waals surface area contributed by atoms with Gasteiger partial charge >= 0.3 is 5.69 Å². The molecule has 2 aromatic heterocycles. The van der Waals surface area contributed by atoms with E-state index in [9.17, 15) is 14.4 Å². The maximum Gasteiger partial charge on any atom is 0.330 e. The summed E-state index contributed by atoms with van der Waals surface area (Å²) in [5, 5.41) is 8.16. The lowest BCUT2D eigenvalue weighted by atomic mass is 10.2. The first-order chi connectivity index (χ1) is 15.8. The van der Waals surface area contributed by atoms with Gasteiger partial charge in [-0.25, -0.2) is 9.48 Å². The molecule has 0 fully saturated rings. The van der Waals surface area contributed by atoms with Crippen molar-refractivity contribution in [3.63, 3.8) is 0 Å². The Bertz CT molecular complexity index is 1260. The number of anilines is 2. The molecule has 1 amide bonds. The van der Waals surface area contributed by atoms with Gasteiger partial charge in [0.25, 0.3) is 11.5 Å². The number of ether oxygens (including phenoxy) is 2. The summed E-state index contributed by atoms with van der Waals surface area (Å²) < 4.78 is 13.1. The van der Waals surface area contributed by atoms with E-state index in [0.29, 0.717) is 23.6 Å². The topological polar surface area (TPSA) is 150 Å². The van der Waals surface area contributed by atoms with Gasteiger partial charge in [-0.1, -0.05) is 18.2 Å². The Morgan fingerprint density at radius 3 is 2.70 bits per heavy atom. The second kappa shape index (κ2) is 10.1. The highest BCUT2D eigenvalue weighted by atomic mass is 16.5. The summed E-state index contributed by atoms with van der Waals surface area (Å²) in [7, 11) is 3.02. The van der Waals surface area contributed by atoms with Crippen molar-refractivity contribution < 1.29 is 14.3 Å². The summed E-state index contributed by atoms with van der Waals surface area (Å²) in [6.45, 7) is 3.97. The summed E-state index contributed by atoms with van der Waals surface area (Å²) in [5.74, 6) is -0.0834. The van der Waals surface area contributed by atoms with Crippen molar-refractivity contribution in [1.82, 2.24) is 24.5 Å². The van der Waals surface area contributed by atoms with Gasteiger partial charge in [0.2, 0.25) is 0 Å². The zero-order chi connectivity index (χ0) is 24.1. The van der Waals surface area contributed by atoms with Crippen LogP contribution in [0.15, 0.2) is 33.9 Å². The Balaban J connectivity index is 2.10. The fraction of sp³-hybridized carbons (Fsp3) is 0.381. The zero-order valence-electron chi connectivity index (χ0n) is 19.0. The van der Waals surface area contributed by atoms with Crippen LogP contribution in [-0.4, -0.2) is 57.8 Å². The minimum Gasteiger partial charge on any atom is -0.497 e. The van der Waals surface area contributed by atoms with Crippen molar-refractivity contribution in [2.75, 3.05) is 38.0 Å². The van der Waals surface area contributed by atoms with Gasteiger partial charge in [-0.15, -0.1) is 5.10 Å². The first kappa shape index (κ1) is 23.7. The number of carbonyl (C=O) groups excluding carboxylic acids is 1. The normalized spacial score (nSPS) is 10.9. The Labute approximate surface area is 189 Å². The molecule has 3 rings (SSSR count). The van der Waals surface area contributed by atoms with E-state index in [-0.39, 0.29) is 36.9 Å². The molecule has 0 aliphatic carbocycles. The Morgan fingerprint density at radius 1 is 1.27 bits per heavy atom. The summed E-state index contributed by atoms with van der Waals surface area (Å²) in [4.78, 5) is 41.8. The number of carbonyl (C=O) groups is 1. The van der Waals surface area contributed by atoms with Crippen molar-refractivity contribution in [1.29, 1.82) is 0 Å². The van der Waals surface area contributed by atoms with Crippen LogP contribution in [0.2, 0.25) is 0 Å². The van der Waals surface area contributed by atoms with Gasteiger partial charge < -0.3 is 15.2 Å². The molecule has 0 atom stereocenters. The number of nitrogens with zero attached hydrogens (tertiary/aromatic N) is 5. The molecule has 0 bridgehead atoms. The van der Waals surface area contributed by atoms with Crippen LogP contribution in [0.4, 0.5) is 11.5 Å². The van der Waals surface area contributed by atoms with Crippen molar-refractivity contribution in [2.45, 2.75) is 26.8 Å². The number of H-pyrrole nitrogens is 1. The number of rotatable bonds is 9. The molecule has 176 valence electrons. The molecule has 12 heteroatoms. The van der Waals surface area contributed by atoms with Crippen LogP contribution < -0.4 is 26.6 Å². The van der Waals surface area contributed by atoms with Gasteiger partial charge in [0.15, 0.2) is 11.4 Å². The number of nitrogens with two attached hydrogens (primary N) is 1. The van der Waals surface area contributed by atoms with E-state index in [1.54, 1.807) is 38.3 Å². The third-order valence-electron chi connectivity index (χ3n) is 5.09. The number of hydrogen-bond donors (Lipinski definition) is 2. The van der Waals surface area contributed by atoms with Crippen molar-refractivity contribution in [2.24, 2.45) is 0 Å². The van der Waals surface area contributed by atoms with Crippen LogP contribution in [0.5, 0.6) is 5.75 Å². The van der Waals surface area contributed by atoms with Crippen LogP contribution in [-0.2, 0) is 11.3 Å². The van der Waals surface area contributed by atoms with E-state index in [1.165, 1.54) is 16.4 Å². The molecular formula is C21H27N7O5. The van der Waals surface area contributed by atoms with E-state index in [1.807, 2.05) is 6.92 Å². The van der Waals surface area contributed by atoms with E-state index in [4.69, 9.17) is 15.2 Å².